The summed E-state index contributed by atoms with van der Waals surface area (Å²) in [7, 11) is 0. The molecule has 0 aliphatic rings. The van der Waals surface area contributed by atoms with Gasteiger partial charge in [-0.3, -0.25) is 4.79 Å². The summed E-state index contributed by atoms with van der Waals surface area (Å²) in [6, 6.07) is 0. The molecule has 0 amide bonds. The maximum absolute atomic E-state index is 11.3. The first-order chi connectivity index (χ1) is 15.2. The Balaban J connectivity index is 0. The van der Waals surface area contributed by atoms with E-state index in [4.69, 9.17) is 4.74 Å². The molecule has 0 aromatic carbocycles. The van der Waals surface area contributed by atoms with Crippen LogP contribution in [0, 0.1) is 0 Å². The summed E-state index contributed by atoms with van der Waals surface area (Å²) in [6.07, 6.45) is 29.3. The maximum atomic E-state index is 11.3. The SMILES string of the molecule is CCCCCCCCCCCCCCCCCCCCC=COC(=O)CCCC(=O)[O-].[Li+]. The molecule has 0 N–H and O–H groups in total. The second-order valence-corrected chi connectivity index (χ2v) is 8.89. The Labute approximate surface area is 210 Å². The van der Waals surface area contributed by atoms with E-state index in [1.807, 2.05) is 6.08 Å². The fraction of sp³-hybridized carbons (Fsp3) is 0.852. The van der Waals surface area contributed by atoms with Crippen LogP contribution >= 0.6 is 0 Å². The van der Waals surface area contributed by atoms with Gasteiger partial charge in [-0.25, -0.2) is 0 Å². The van der Waals surface area contributed by atoms with E-state index in [0.717, 1.165) is 12.8 Å². The van der Waals surface area contributed by atoms with Gasteiger partial charge in [-0.2, -0.15) is 0 Å². The van der Waals surface area contributed by atoms with Crippen LogP contribution in [-0.2, 0) is 14.3 Å². The molecular weight excluding hydrogens is 395 g/mol. The average Bonchev–Trinajstić information content (AvgIpc) is 2.74. The van der Waals surface area contributed by atoms with E-state index < -0.39 is 5.97 Å². The zero-order valence-corrected chi connectivity index (χ0v) is 21.3. The number of carboxylic acid groups (broad SMARTS) is 1. The fourth-order valence-electron chi connectivity index (χ4n) is 3.79. The summed E-state index contributed by atoms with van der Waals surface area (Å²) in [4.78, 5) is 21.6. The Morgan fingerprint density at radius 1 is 0.625 bits per heavy atom. The minimum atomic E-state index is -1.13. The number of ether oxygens (including phenoxy) is 1. The smallest absolute Gasteiger partial charge is 0.550 e. The Morgan fingerprint density at radius 3 is 1.44 bits per heavy atom. The van der Waals surface area contributed by atoms with Crippen molar-refractivity contribution in [3.8, 4) is 0 Å². The molecule has 0 aromatic heterocycles. The topological polar surface area (TPSA) is 66.4 Å². The van der Waals surface area contributed by atoms with E-state index in [2.05, 4.69) is 6.92 Å². The van der Waals surface area contributed by atoms with Gasteiger partial charge in [0, 0.05) is 12.4 Å². The number of esters is 1. The van der Waals surface area contributed by atoms with E-state index in [-0.39, 0.29) is 44.1 Å². The van der Waals surface area contributed by atoms with E-state index in [1.54, 1.807) is 0 Å². The summed E-state index contributed by atoms with van der Waals surface area (Å²) in [5.74, 6) is -1.51. The predicted octanol–water partition coefficient (Wildman–Crippen LogP) is 4.40. The van der Waals surface area contributed by atoms with Crippen molar-refractivity contribution in [2.75, 3.05) is 0 Å². The van der Waals surface area contributed by atoms with Gasteiger partial charge < -0.3 is 14.6 Å². The minimum Gasteiger partial charge on any atom is -0.550 e. The summed E-state index contributed by atoms with van der Waals surface area (Å²) in [6.45, 7) is 2.28. The Bertz CT molecular complexity index is 437. The molecule has 0 aromatic rings. The maximum Gasteiger partial charge on any atom is 1.00 e. The molecule has 0 saturated heterocycles. The van der Waals surface area contributed by atoms with Gasteiger partial charge in [-0.15, -0.1) is 0 Å². The molecule has 5 heteroatoms. The second-order valence-electron chi connectivity index (χ2n) is 8.89. The molecule has 0 aliphatic heterocycles. The van der Waals surface area contributed by atoms with Crippen LogP contribution in [0.2, 0.25) is 0 Å². The van der Waals surface area contributed by atoms with Gasteiger partial charge in [0.25, 0.3) is 0 Å². The molecule has 4 nitrogen and oxygen atoms in total. The zero-order chi connectivity index (χ0) is 22.8. The minimum absolute atomic E-state index is 0. The summed E-state index contributed by atoms with van der Waals surface area (Å²) >= 11 is 0. The molecule has 0 spiro atoms. The van der Waals surface area contributed by atoms with Gasteiger partial charge in [0.15, 0.2) is 0 Å². The molecule has 0 bridgehead atoms. The van der Waals surface area contributed by atoms with Crippen molar-refractivity contribution < 1.29 is 38.3 Å². The fourth-order valence-corrected chi connectivity index (χ4v) is 3.79. The third-order valence-corrected chi connectivity index (χ3v) is 5.78. The van der Waals surface area contributed by atoms with Gasteiger partial charge in [0.05, 0.1) is 6.26 Å². The van der Waals surface area contributed by atoms with Gasteiger partial charge in [-0.1, -0.05) is 116 Å². The third kappa shape index (κ3) is 29.3. The van der Waals surface area contributed by atoms with Crippen LogP contribution in [0.4, 0.5) is 0 Å². The number of carbonyl (C=O) groups excluding carboxylic acids is 2. The number of rotatable bonds is 24. The number of carboxylic acids is 1. The van der Waals surface area contributed by atoms with Crippen molar-refractivity contribution in [3.05, 3.63) is 12.3 Å². The molecule has 182 valence electrons. The molecule has 32 heavy (non-hydrogen) atoms. The van der Waals surface area contributed by atoms with Crippen molar-refractivity contribution in [3.63, 3.8) is 0 Å². The van der Waals surface area contributed by atoms with Crippen molar-refractivity contribution in [2.24, 2.45) is 0 Å². The third-order valence-electron chi connectivity index (χ3n) is 5.78. The van der Waals surface area contributed by atoms with Crippen LogP contribution in [-0.4, -0.2) is 11.9 Å². The van der Waals surface area contributed by atoms with Crippen molar-refractivity contribution in [2.45, 2.75) is 148 Å². The first kappa shape index (κ1) is 33.5. The van der Waals surface area contributed by atoms with Gasteiger partial charge in [0.2, 0.25) is 0 Å². The van der Waals surface area contributed by atoms with Gasteiger partial charge in [0.1, 0.15) is 0 Å². The standard InChI is InChI=1S/C27H50O4.Li/c1-2-3-4-5-6-7-8-9-10-11-12-13-14-15-16-17-18-19-20-21-25-31-27(30)24-22-23-26(28)29;/h21,25H,2-20,22-24H2,1H3,(H,28,29);/q;+1/p-1. The normalized spacial score (nSPS) is 10.9. The quantitative estimate of drug-likeness (QED) is 0.0958. The molecule has 0 fully saturated rings. The average molecular weight is 445 g/mol. The molecule has 0 radical (unpaired) electrons. The van der Waals surface area contributed by atoms with Crippen LogP contribution in [0.25, 0.3) is 0 Å². The Kier molecular flexibility index (Phi) is 29.6. The van der Waals surface area contributed by atoms with Crippen LogP contribution in [0.5, 0.6) is 0 Å². The summed E-state index contributed by atoms with van der Waals surface area (Å²) in [5, 5.41) is 10.3. The van der Waals surface area contributed by atoms with Gasteiger partial charge in [-0.05, 0) is 31.8 Å². The molecule has 0 saturated carbocycles. The van der Waals surface area contributed by atoms with E-state index in [9.17, 15) is 14.7 Å². The number of allylic oxidation sites excluding steroid dienone is 1. The summed E-state index contributed by atoms with van der Waals surface area (Å²) in [5.41, 5.74) is 0. The Morgan fingerprint density at radius 2 is 1.03 bits per heavy atom. The number of hydrogen-bond acceptors (Lipinski definition) is 4. The molecule has 0 heterocycles. The van der Waals surface area contributed by atoms with Crippen molar-refractivity contribution in [1.29, 1.82) is 0 Å². The van der Waals surface area contributed by atoms with Gasteiger partial charge >= 0.3 is 24.8 Å². The predicted molar refractivity (Wildman–Crippen MR) is 127 cm³/mol. The first-order valence-corrected chi connectivity index (χ1v) is 13.2. The number of unbranched alkanes of at least 4 members (excludes halogenated alkanes) is 18. The largest absolute Gasteiger partial charge is 1.00 e. The number of hydrogen-bond donors (Lipinski definition) is 0. The monoisotopic (exact) mass is 444 g/mol. The summed E-state index contributed by atoms with van der Waals surface area (Å²) < 4.78 is 4.93. The van der Waals surface area contributed by atoms with Crippen LogP contribution in [0.3, 0.4) is 0 Å². The number of carbonyl (C=O) groups is 2. The molecule has 0 unspecified atom stereocenters. The van der Waals surface area contributed by atoms with Crippen LogP contribution in [0.1, 0.15) is 148 Å². The van der Waals surface area contributed by atoms with E-state index in [0.29, 0.717) is 0 Å². The number of aliphatic carboxylic acids is 1. The van der Waals surface area contributed by atoms with E-state index >= 15 is 0 Å². The first-order valence-electron chi connectivity index (χ1n) is 13.2. The molecule has 0 aliphatic carbocycles. The van der Waals surface area contributed by atoms with E-state index in [1.165, 1.54) is 115 Å². The van der Waals surface area contributed by atoms with Crippen LogP contribution in [0.15, 0.2) is 12.3 Å². The van der Waals surface area contributed by atoms with Crippen LogP contribution < -0.4 is 24.0 Å². The molecule has 0 atom stereocenters. The molecule has 0 rings (SSSR count). The van der Waals surface area contributed by atoms with Crippen molar-refractivity contribution >= 4 is 11.9 Å². The second kappa shape index (κ2) is 28.3. The zero-order valence-electron chi connectivity index (χ0n) is 21.3. The molecular formula is C27H49LiO4. The Hall–Kier alpha value is -0.723. The van der Waals surface area contributed by atoms with Crippen molar-refractivity contribution in [1.82, 2.24) is 0 Å².